The smallest absolute Gasteiger partial charge is 0.319 e. The molecule has 2 unspecified atom stereocenters. The molecule has 2 N–H and O–H groups in total. The van der Waals surface area contributed by atoms with Crippen molar-refractivity contribution in [2.45, 2.75) is 37.6 Å². The summed E-state index contributed by atoms with van der Waals surface area (Å²) >= 11 is 0. The van der Waals surface area contributed by atoms with Gasteiger partial charge in [-0.25, -0.2) is 4.79 Å². The number of aromatic nitrogens is 2. The van der Waals surface area contributed by atoms with Gasteiger partial charge in [0.15, 0.2) is 0 Å². The van der Waals surface area contributed by atoms with Crippen molar-refractivity contribution in [3.05, 3.63) is 48.3 Å². The van der Waals surface area contributed by atoms with Gasteiger partial charge in [0, 0.05) is 25.2 Å². The van der Waals surface area contributed by atoms with E-state index in [4.69, 9.17) is 0 Å². The lowest BCUT2D eigenvalue weighted by atomic mass is 9.80. The molecule has 0 bridgehead atoms. The summed E-state index contributed by atoms with van der Waals surface area (Å²) in [4.78, 5) is 12.2. The van der Waals surface area contributed by atoms with Crippen molar-refractivity contribution >= 4 is 11.7 Å². The van der Waals surface area contributed by atoms with E-state index < -0.39 is 0 Å². The number of anilines is 1. The highest BCUT2D eigenvalue weighted by atomic mass is 16.2. The van der Waals surface area contributed by atoms with Gasteiger partial charge in [-0.3, -0.25) is 4.68 Å². The quantitative estimate of drug-likeness (QED) is 0.913. The molecule has 1 aliphatic rings. The number of carbonyl (C=O) groups excluding carboxylic acids is 1. The number of nitrogens with zero attached hydrogens (tertiary/aromatic N) is 2. The average Bonchev–Trinajstić information content (AvgIpc) is 2.93. The Bertz CT molecular complexity index is 623. The number of benzene rings is 1. The molecule has 1 aromatic carbocycles. The molecule has 5 heteroatoms. The molecule has 2 amide bonds. The lowest BCUT2D eigenvalue weighted by Crippen LogP contribution is -2.43. The lowest BCUT2D eigenvalue weighted by Gasteiger charge is -2.32. The number of carbonyl (C=O) groups is 1. The van der Waals surface area contributed by atoms with E-state index in [9.17, 15) is 4.79 Å². The van der Waals surface area contributed by atoms with Crippen molar-refractivity contribution < 1.29 is 4.79 Å². The topological polar surface area (TPSA) is 59.0 Å². The normalized spacial score (nSPS) is 21.3. The van der Waals surface area contributed by atoms with Crippen LogP contribution in [0.25, 0.3) is 0 Å². The average molecular weight is 298 g/mol. The van der Waals surface area contributed by atoms with Crippen molar-refractivity contribution in [1.29, 1.82) is 0 Å². The van der Waals surface area contributed by atoms with Crippen LogP contribution in [0.2, 0.25) is 0 Å². The van der Waals surface area contributed by atoms with Crippen molar-refractivity contribution in [3.8, 4) is 0 Å². The minimum Gasteiger partial charge on any atom is -0.335 e. The molecular formula is C17H22N4O. The molecule has 3 rings (SSSR count). The second-order valence-corrected chi connectivity index (χ2v) is 5.91. The van der Waals surface area contributed by atoms with Gasteiger partial charge in [-0.15, -0.1) is 0 Å². The van der Waals surface area contributed by atoms with Gasteiger partial charge in [0.05, 0.1) is 11.9 Å². The van der Waals surface area contributed by atoms with E-state index in [1.807, 2.05) is 13.1 Å². The Labute approximate surface area is 130 Å². The minimum atomic E-state index is -0.152. The summed E-state index contributed by atoms with van der Waals surface area (Å²) in [7, 11) is 1.83. The van der Waals surface area contributed by atoms with Crippen molar-refractivity contribution in [3.63, 3.8) is 0 Å². The van der Waals surface area contributed by atoms with E-state index in [1.165, 1.54) is 18.4 Å². The standard InChI is InChI=1S/C17H22N4O/c1-21-12-14(11-18-21)19-17(22)20-16-10-6-5-9-15(16)13-7-3-2-4-8-13/h2-4,7-8,11-12,15-16H,5-6,9-10H2,1H3,(H2,19,20,22). The highest BCUT2D eigenvalue weighted by Crippen LogP contribution is 2.33. The zero-order chi connectivity index (χ0) is 15.4. The Balaban J connectivity index is 1.65. The fourth-order valence-electron chi connectivity index (χ4n) is 3.22. The van der Waals surface area contributed by atoms with Gasteiger partial charge in [-0.1, -0.05) is 43.2 Å². The first kappa shape index (κ1) is 14.6. The van der Waals surface area contributed by atoms with Crippen molar-refractivity contribution in [2.24, 2.45) is 7.05 Å². The van der Waals surface area contributed by atoms with Gasteiger partial charge in [-0.2, -0.15) is 5.10 Å². The molecule has 1 heterocycles. The Kier molecular flexibility index (Phi) is 4.42. The summed E-state index contributed by atoms with van der Waals surface area (Å²) in [6.07, 6.45) is 7.98. The van der Waals surface area contributed by atoms with Crippen LogP contribution >= 0.6 is 0 Å². The second kappa shape index (κ2) is 6.64. The number of rotatable bonds is 3. The molecule has 0 saturated heterocycles. The van der Waals surface area contributed by atoms with E-state index in [0.717, 1.165) is 12.8 Å². The largest absolute Gasteiger partial charge is 0.335 e. The summed E-state index contributed by atoms with van der Waals surface area (Å²) < 4.78 is 1.67. The van der Waals surface area contributed by atoms with Gasteiger partial charge >= 0.3 is 6.03 Å². The number of hydrogen-bond acceptors (Lipinski definition) is 2. The monoisotopic (exact) mass is 298 g/mol. The van der Waals surface area contributed by atoms with Gasteiger partial charge < -0.3 is 10.6 Å². The number of aryl methyl sites for hydroxylation is 1. The fraction of sp³-hybridized carbons (Fsp3) is 0.412. The summed E-state index contributed by atoms with van der Waals surface area (Å²) in [5, 5.41) is 10.0. The van der Waals surface area contributed by atoms with E-state index in [0.29, 0.717) is 11.6 Å². The van der Waals surface area contributed by atoms with Crippen LogP contribution in [0.4, 0.5) is 10.5 Å². The predicted octanol–water partition coefficient (Wildman–Crippen LogP) is 3.27. The number of nitrogens with one attached hydrogen (secondary N) is 2. The molecular weight excluding hydrogens is 276 g/mol. The molecule has 2 atom stereocenters. The van der Waals surface area contributed by atoms with Crippen LogP contribution in [-0.4, -0.2) is 21.9 Å². The summed E-state index contributed by atoms with van der Waals surface area (Å²) in [5.41, 5.74) is 2.03. The number of hydrogen-bond donors (Lipinski definition) is 2. The molecule has 5 nitrogen and oxygen atoms in total. The SMILES string of the molecule is Cn1cc(NC(=O)NC2CCCCC2c2ccccc2)cn1. The zero-order valence-corrected chi connectivity index (χ0v) is 12.8. The van der Waals surface area contributed by atoms with E-state index >= 15 is 0 Å². The third-order valence-corrected chi connectivity index (χ3v) is 4.27. The van der Waals surface area contributed by atoms with Crippen LogP contribution in [0, 0.1) is 0 Å². The molecule has 1 aromatic heterocycles. The van der Waals surface area contributed by atoms with Crippen LogP contribution in [0.3, 0.4) is 0 Å². The van der Waals surface area contributed by atoms with Gasteiger partial charge in [0.1, 0.15) is 0 Å². The first-order valence-corrected chi connectivity index (χ1v) is 7.83. The van der Waals surface area contributed by atoms with Gasteiger partial charge in [-0.05, 0) is 18.4 Å². The maximum absolute atomic E-state index is 12.2. The molecule has 1 fully saturated rings. The van der Waals surface area contributed by atoms with Crippen molar-refractivity contribution in [2.75, 3.05) is 5.32 Å². The number of urea groups is 1. The number of amides is 2. The molecule has 22 heavy (non-hydrogen) atoms. The van der Waals surface area contributed by atoms with Crippen LogP contribution < -0.4 is 10.6 Å². The van der Waals surface area contributed by atoms with Gasteiger partial charge in [0.2, 0.25) is 0 Å². The van der Waals surface area contributed by atoms with E-state index in [1.54, 1.807) is 17.1 Å². The third-order valence-electron chi connectivity index (χ3n) is 4.27. The predicted molar refractivity (Wildman–Crippen MR) is 86.8 cm³/mol. The summed E-state index contributed by atoms with van der Waals surface area (Å²) in [5.74, 6) is 0.398. The van der Waals surface area contributed by atoms with Crippen LogP contribution in [0.1, 0.15) is 37.2 Å². The molecule has 1 saturated carbocycles. The molecule has 0 radical (unpaired) electrons. The first-order chi connectivity index (χ1) is 10.7. The highest BCUT2D eigenvalue weighted by Gasteiger charge is 2.27. The van der Waals surface area contributed by atoms with Crippen molar-refractivity contribution in [1.82, 2.24) is 15.1 Å². The molecule has 0 aliphatic heterocycles. The highest BCUT2D eigenvalue weighted by molar-refractivity contribution is 5.89. The Morgan fingerprint density at radius 1 is 1.23 bits per heavy atom. The Morgan fingerprint density at radius 3 is 2.73 bits per heavy atom. The van der Waals surface area contributed by atoms with E-state index in [2.05, 4.69) is 40.0 Å². The molecule has 2 aromatic rings. The van der Waals surface area contributed by atoms with E-state index in [-0.39, 0.29) is 12.1 Å². The molecule has 1 aliphatic carbocycles. The molecule has 0 spiro atoms. The third kappa shape index (κ3) is 3.47. The maximum Gasteiger partial charge on any atom is 0.319 e. The van der Waals surface area contributed by atoms with Gasteiger partial charge in [0.25, 0.3) is 0 Å². The first-order valence-electron chi connectivity index (χ1n) is 7.83. The Hall–Kier alpha value is -2.30. The fourth-order valence-corrected chi connectivity index (χ4v) is 3.22. The summed E-state index contributed by atoms with van der Waals surface area (Å²) in [6.45, 7) is 0. The zero-order valence-electron chi connectivity index (χ0n) is 12.8. The van der Waals surface area contributed by atoms with Crippen LogP contribution in [0.15, 0.2) is 42.7 Å². The lowest BCUT2D eigenvalue weighted by molar-refractivity contribution is 0.240. The Morgan fingerprint density at radius 2 is 2.00 bits per heavy atom. The molecule has 116 valence electrons. The summed E-state index contributed by atoms with van der Waals surface area (Å²) in [6, 6.07) is 10.5. The van der Waals surface area contributed by atoms with Crippen LogP contribution in [0.5, 0.6) is 0 Å². The van der Waals surface area contributed by atoms with Crippen LogP contribution in [-0.2, 0) is 7.05 Å². The minimum absolute atomic E-state index is 0.152. The maximum atomic E-state index is 12.2. The second-order valence-electron chi connectivity index (χ2n) is 5.91.